The molecule has 0 aliphatic carbocycles. The molecule has 1 aliphatic rings. The van der Waals surface area contributed by atoms with Gasteiger partial charge in [0.05, 0.1) is 0 Å². The zero-order valence-corrected chi connectivity index (χ0v) is 15.5. The topological polar surface area (TPSA) is 135 Å². The Bertz CT molecular complexity index is 954. The molecule has 2 aromatic rings. The third kappa shape index (κ3) is 3.60. The number of hydrazone groups is 1. The van der Waals surface area contributed by atoms with Crippen LogP contribution in [0.25, 0.3) is 0 Å². The van der Waals surface area contributed by atoms with Crippen molar-refractivity contribution in [3.05, 3.63) is 48.5 Å². The molecule has 0 bridgehead atoms. The number of carbonyl (C=O) groups is 1. The molecule has 2 aromatic carbocycles. The summed E-state index contributed by atoms with van der Waals surface area (Å²) in [4.78, 5) is 12.5. The van der Waals surface area contributed by atoms with E-state index in [-0.39, 0.29) is 11.6 Å². The summed E-state index contributed by atoms with van der Waals surface area (Å²) < 4.78 is 29.2. The van der Waals surface area contributed by atoms with Crippen molar-refractivity contribution in [1.82, 2.24) is 0 Å². The molecular formula is C16H15AsN4O5. The SMILES string of the molecule is CC1=NN(c2ccccc2)C(=O)[C@@H]1N=Nc1ccc([As](=O)(O)O)c(O)c1. The molecule has 1 heterocycles. The molecule has 3 N–H and O–H groups in total. The predicted octanol–water partition coefficient (Wildman–Crippen LogP) is 0.828. The Morgan fingerprint density at radius 3 is 2.46 bits per heavy atom. The molecule has 0 unspecified atom stereocenters. The fraction of sp³-hybridized carbons (Fsp3) is 0.125. The van der Waals surface area contributed by atoms with Crippen molar-refractivity contribution in [2.24, 2.45) is 15.3 Å². The molecule has 1 aliphatic heterocycles. The standard InChI is InChI=1S/C16H15AsN4O5/c1-10-15(16(23)21(20-10)12-5-3-2-4-6-12)19-18-11-7-8-13(14(22)9-11)17(24,25)26/h2-9,15,22H,1H3,(H2,24,25,26)/t15-/m1/s1. The van der Waals surface area contributed by atoms with Crippen LogP contribution in [0.1, 0.15) is 6.92 Å². The number of hydrogen-bond acceptors (Lipinski definition) is 6. The summed E-state index contributed by atoms with van der Waals surface area (Å²) in [7, 11) is 0. The monoisotopic (exact) mass is 418 g/mol. The predicted molar refractivity (Wildman–Crippen MR) is 94.0 cm³/mol. The summed E-state index contributed by atoms with van der Waals surface area (Å²) in [6.45, 7) is 1.65. The van der Waals surface area contributed by atoms with Gasteiger partial charge in [-0.05, 0) is 0 Å². The van der Waals surface area contributed by atoms with E-state index in [1.807, 2.05) is 6.07 Å². The van der Waals surface area contributed by atoms with Crippen molar-refractivity contribution < 1.29 is 21.8 Å². The van der Waals surface area contributed by atoms with Crippen molar-refractivity contribution in [3.63, 3.8) is 0 Å². The van der Waals surface area contributed by atoms with E-state index in [0.717, 1.165) is 12.1 Å². The molecule has 1 atom stereocenters. The number of aromatic hydroxyl groups is 1. The second-order valence-electron chi connectivity index (χ2n) is 5.56. The van der Waals surface area contributed by atoms with Gasteiger partial charge in [-0.25, -0.2) is 0 Å². The number of hydrogen-bond donors (Lipinski definition) is 3. The molecule has 0 spiro atoms. The first-order valence-corrected chi connectivity index (χ1v) is 10.9. The Hall–Kier alpha value is -2.74. The van der Waals surface area contributed by atoms with Gasteiger partial charge in [0.1, 0.15) is 0 Å². The van der Waals surface area contributed by atoms with Crippen molar-refractivity contribution in [3.8, 4) is 5.75 Å². The number of azo groups is 1. The number of rotatable bonds is 4. The molecule has 0 fully saturated rings. The van der Waals surface area contributed by atoms with Crippen molar-refractivity contribution in [2.45, 2.75) is 13.0 Å². The fourth-order valence-electron chi connectivity index (χ4n) is 2.39. The second kappa shape index (κ2) is 6.87. The van der Waals surface area contributed by atoms with Gasteiger partial charge in [0.2, 0.25) is 0 Å². The van der Waals surface area contributed by atoms with Gasteiger partial charge in [0, 0.05) is 0 Å². The normalized spacial score (nSPS) is 17.8. The number of phenols is 1. The molecule has 1 amide bonds. The summed E-state index contributed by atoms with van der Waals surface area (Å²) >= 11 is -5.22. The number of nitrogens with zero attached hydrogens (tertiary/aromatic N) is 4. The summed E-state index contributed by atoms with van der Waals surface area (Å²) in [5.74, 6) is -0.931. The molecule has 10 heteroatoms. The van der Waals surface area contributed by atoms with Gasteiger partial charge < -0.3 is 0 Å². The van der Waals surface area contributed by atoms with Crippen LogP contribution >= 0.6 is 0 Å². The quantitative estimate of drug-likeness (QED) is 0.499. The summed E-state index contributed by atoms with van der Waals surface area (Å²) in [6, 6.07) is 11.5. The molecule has 134 valence electrons. The molecule has 0 saturated carbocycles. The number of benzene rings is 2. The van der Waals surface area contributed by atoms with E-state index in [4.69, 9.17) is 8.19 Å². The van der Waals surface area contributed by atoms with E-state index in [1.165, 1.54) is 11.1 Å². The van der Waals surface area contributed by atoms with Crippen LogP contribution in [-0.4, -0.2) is 45.1 Å². The summed E-state index contributed by atoms with van der Waals surface area (Å²) in [6.07, 6.45) is 0. The summed E-state index contributed by atoms with van der Waals surface area (Å²) in [5, 5.41) is 23.0. The molecular weight excluding hydrogens is 403 g/mol. The molecule has 0 radical (unpaired) electrons. The van der Waals surface area contributed by atoms with Crippen LogP contribution in [0.2, 0.25) is 0 Å². The van der Waals surface area contributed by atoms with Crippen LogP contribution in [0.15, 0.2) is 63.9 Å². The van der Waals surface area contributed by atoms with E-state index in [0.29, 0.717) is 11.4 Å². The van der Waals surface area contributed by atoms with Gasteiger partial charge in [0.25, 0.3) is 0 Å². The Balaban J connectivity index is 1.81. The third-order valence-corrected chi connectivity index (χ3v) is 5.77. The maximum atomic E-state index is 12.5. The summed E-state index contributed by atoms with van der Waals surface area (Å²) in [5.41, 5.74) is 1.23. The number of anilines is 1. The number of phenolic OH excluding ortho intramolecular Hbond substituents is 1. The molecule has 26 heavy (non-hydrogen) atoms. The van der Waals surface area contributed by atoms with Crippen LogP contribution in [0.5, 0.6) is 5.75 Å². The van der Waals surface area contributed by atoms with E-state index < -0.39 is 30.3 Å². The Kier molecular flexibility index (Phi) is 4.77. The molecule has 0 aromatic heterocycles. The minimum atomic E-state index is -5.22. The van der Waals surface area contributed by atoms with Crippen molar-refractivity contribution in [1.29, 1.82) is 0 Å². The first-order chi connectivity index (χ1) is 12.3. The zero-order valence-electron chi connectivity index (χ0n) is 13.6. The second-order valence-corrected chi connectivity index (χ2v) is 8.86. The van der Waals surface area contributed by atoms with E-state index in [1.54, 1.807) is 31.2 Å². The van der Waals surface area contributed by atoms with Gasteiger partial charge in [-0.1, -0.05) is 6.07 Å². The number of para-hydroxylation sites is 1. The zero-order chi connectivity index (χ0) is 18.9. The van der Waals surface area contributed by atoms with Crippen molar-refractivity contribution >= 4 is 41.5 Å². The van der Waals surface area contributed by atoms with Crippen LogP contribution < -0.4 is 9.36 Å². The molecule has 3 rings (SSSR count). The van der Waals surface area contributed by atoms with Gasteiger partial charge >= 0.3 is 145 Å². The van der Waals surface area contributed by atoms with E-state index in [2.05, 4.69) is 15.3 Å². The number of amides is 1. The Morgan fingerprint density at radius 1 is 1.15 bits per heavy atom. The first-order valence-electron chi connectivity index (χ1n) is 7.51. The number of carbonyl (C=O) groups excluding carboxylic acids is 1. The van der Waals surface area contributed by atoms with E-state index >= 15 is 0 Å². The van der Waals surface area contributed by atoms with E-state index in [9.17, 15) is 13.6 Å². The Labute approximate surface area is 151 Å². The molecule has 9 nitrogen and oxygen atoms in total. The molecule has 0 saturated heterocycles. The van der Waals surface area contributed by atoms with Gasteiger partial charge in [-0.3, -0.25) is 0 Å². The maximum absolute atomic E-state index is 12.5. The van der Waals surface area contributed by atoms with Gasteiger partial charge in [-0.2, -0.15) is 0 Å². The van der Waals surface area contributed by atoms with Gasteiger partial charge in [0.15, 0.2) is 0 Å². The van der Waals surface area contributed by atoms with Crippen molar-refractivity contribution in [2.75, 3.05) is 5.01 Å². The first kappa shape index (κ1) is 18.1. The average molecular weight is 418 g/mol. The third-order valence-electron chi connectivity index (χ3n) is 3.66. The van der Waals surface area contributed by atoms with Crippen LogP contribution in [0, 0.1) is 0 Å². The van der Waals surface area contributed by atoms with Crippen LogP contribution in [-0.2, 0) is 8.53 Å². The van der Waals surface area contributed by atoms with Crippen LogP contribution in [0.4, 0.5) is 11.4 Å². The average Bonchev–Trinajstić information content (AvgIpc) is 2.87. The van der Waals surface area contributed by atoms with Gasteiger partial charge in [-0.15, -0.1) is 0 Å². The minimum absolute atomic E-state index is 0.161. The van der Waals surface area contributed by atoms with Crippen LogP contribution in [0.3, 0.4) is 0 Å². The fourth-order valence-corrected chi connectivity index (χ4v) is 3.71. The Morgan fingerprint density at radius 2 is 1.85 bits per heavy atom.